The SMILES string of the molecule is COc1cc(OC)cc(C(=O)N2CCC(C(=O)NCCc3c(C)cc(C)cc3C)CC2)c1. The van der Waals surface area contributed by atoms with Crippen LogP contribution in [0.3, 0.4) is 0 Å². The van der Waals surface area contributed by atoms with E-state index in [1.165, 1.54) is 22.3 Å². The molecule has 6 heteroatoms. The highest BCUT2D eigenvalue weighted by molar-refractivity contribution is 5.95. The number of hydrogen-bond acceptors (Lipinski definition) is 4. The van der Waals surface area contributed by atoms with E-state index in [-0.39, 0.29) is 17.7 Å². The Labute approximate surface area is 190 Å². The number of carbonyl (C=O) groups is 2. The maximum atomic E-state index is 12.9. The smallest absolute Gasteiger partial charge is 0.254 e. The molecule has 1 fully saturated rings. The van der Waals surface area contributed by atoms with Crippen LogP contribution in [-0.2, 0) is 11.2 Å². The van der Waals surface area contributed by atoms with Gasteiger partial charge in [0, 0.05) is 37.2 Å². The highest BCUT2D eigenvalue weighted by Gasteiger charge is 2.28. The van der Waals surface area contributed by atoms with Gasteiger partial charge in [-0.3, -0.25) is 9.59 Å². The van der Waals surface area contributed by atoms with Gasteiger partial charge in [-0.15, -0.1) is 0 Å². The van der Waals surface area contributed by atoms with E-state index >= 15 is 0 Å². The lowest BCUT2D eigenvalue weighted by atomic mass is 9.94. The maximum Gasteiger partial charge on any atom is 0.254 e. The summed E-state index contributed by atoms with van der Waals surface area (Å²) in [7, 11) is 3.13. The molecular weight excluding hydrogens is 404 g/mol. The third kappa shape index (κ3) is 5.61. The highest BCUT2D eigenvalue weighted by atomic mass is 16.5. The standard InChI is InChI=1S/C26H34N2O4/c1-17-12-18(2)24(19(3)13-17)6-9-27-25(29)20-7-10-28(11-8-20)26(30)21-14-22(31-4)16-23(15-21)32-5/h12-16,20H,6-11H2,1-5H3,(H,27,29). The van der Waals surface area contributed by atoms with E-state index in [0.29, 0.717) is 49.5 Å². The Hall–Kier alpha value is -3.02. The van der Waals surface area contributed by atoms with E-state index in [2.05, 4.69) is 38.2 Å². The molecule has 0 atom stereocenters. The Kier molecular flexibility index (Phi) is 7.78. The van der Waals surface area contributed by atoms with E-state index in [9.17, 15) is 9.59 Å². The van der Waals surface area contributed by atoms with Gasteiger partial charge in [0.25, 0.3) is 5.91 Å². The fourth-order valence-corrected chi connectivity index (χ4v) is 4.52. The number of hydrogen-bond donors (Lipinski definition) is 1. The van der Waals surface area contributed by atoms with Crippen LogP contribution in [0.4, 0.5) is 0 Å². The molecule has 0 aliphatic carbocycles. The number of likely N-dealkylation sites (tertiary alicyclic amines) is 1. The van der Waals surface area contributed by atoms with Crippen LogP contribution in [0.5, 0.6) is 11.5 Å². The van der Waals surface area contributed by atoms with Crippen molar-refractivity contribution in [1.29, 1.82) is 0 Å². The molecule has 1 N–H and O–H groups in total. The van der Waals surface area contributed by atoms with Crippen molar-refractivity contribution in [2.75, 3.05) is 33.9 Å². The molecule has 0 bridgehead atoms. The summed E-state index contributed by atoms with van der Waals surface area (Å²) < 4.78 is 10.5. The minimum atomic E-state index is -0.0635. The van der Waals surface area contributed by atoms with Gasteiger partial charge < -0.3 is 19.7 Å². The molecule has 2 aromatic rings. The van der Waals surface area contributed by atoms with Crippen molar-refractivity contribution in [3.05, 3.63) is 58.1 Å². The zero-order valence-corrected chi connectivity index (χ0v) is 19.8. The lowest BCUT2D eigenvalue weighted by Gasteiger charge is -2.31. The van der Waals surface area contributed by atoms with Crippen LogP contribution in [0.1, 0.15) is 45.5 Å². The summed E-state index contributed by atoms with van der Waals surface area (Å²) in [6, 6.07) is 9.56. The van der Waals surface area contributed by atoms with E-state index in [1.807, 2.05) is 0 Å². The molecule has 2 amide bonds. The molecule has 0 radical (unpaired) electrons. The zero-order valence-electron chi connectivity index (χ0n) is 19.8. The molecule has 172 valence electrons. The molecule has 2 aromatic carbocycles. The second kappa shape index (κ2) is 10.5. The van der Waals surface area contributed by atoms with Gasteiger partial charge in [0.05, 0.1) is 14.2 Å². The number of ether oxygens (including phenoxy) is 2. The first kappa shape index (κ1) is 23.6. The summed E-state index contributed by atoms with van der Waals surface area (Å²) >= 11 is 0. The summed E-state index contributed by atoms with van der Waals surface area (Å²) in [4.78, 5) is 27.4. The maximum absolute atomic E-state index is 12.9. The fourth-order valence-electron chi connectivity index (χ4n) is 4.52. The molecule has 0 unspecified atom stereocenters. The van der Waals surface area contributed by atoms with Gasteiger partial charge in [0.15, 0.2) is 0 Å². The Morgan fingerprint density at radius 1 is 0.938 bits per heavy atom. The summed E-state index contributed by atoms with van der Waals surface area (Å²) in [5, 5.41) is 3.10. The van der Waals surface area contributed by atoms with Gasteiger partial charge in [-0.2, -0.15) is 0 Å². The van der Waals surface area contributed by atoms with Crippen LogP contribution < -0.4 is 14.8 Å². The summed E-state index contributed by atoms with van der Waals surface area (Å²) in [6.45, 7) is 8.11. The van der Waals surface area contributed by atoms with Crippen molar-refractivity contribution in [2.45, 2.75) is 40.0 Å². The van der Waals surface area contributed by atoms with Gasteiger partial charge in [-0.05, 0) is 68.9 Å². The van der Waals surface area contributed by atoms with Gasteiger partial charge in [-0.25, -0.2) is 0 Å². The first-order valence-electron chi connectivity index (χ1n) is 11.2. The van der Waals surface area contributed by atoms with Gasteiger partial charge >= 0.3 is 0 Å². The summed E-state index contributed by atoms with van der Waals surface area (Å²) in [5.41, 5.74) is 5.66. The lowest BCUT2D eigenvalue weighted by Crippen LogP contribution is -2.43. The molecule has 1 aliphatic heterocycles. The Morgan fingerprint density at radius 2 is 1.50 bits per heavy atom. The van der Waals surface area contributed by atoms with Crippen molar-refractivity contribution >= 4 is 11.8 Å². The number of nitrogens with one attached hydrogen (secondary N) is 1. The highest BCUT2D eigenvalue weighted by Crippen LogP contribution is 2.25. The molecule has 3 rings (SSSR count). The minimum Gasteiger partial charge on any atom is -0.497 e. The largest absolute Gasteiger partial charge is 0.497 e. The fraction of sp³-hybridized carbons (Fsp3) is 0.462. The quantitative estimate of drug-likeness (QED) is 0.713. The summed E-state index contributed by atoms with van der Waals surface area (Å²) in [5.74, 6) is 1.13. The van der Waals surface area contributed by atoms with Gasteiger partial charge in [0.1, 0.15) is 11.5 Å². The molecule has 1 saturated heterocycles. The molecule has 1 aliphatic rings. The normalized spacial score (nSPS) is 14.2. The number of rotatable bonds is 7. The number of carbonyl (C=O) groups excluding carboxylic acids is 2. The number of methoxy groups -OCH3 is 2. The average Bonchev–Trinajstić information content (AvgIpc) is 2.79. The predicted octanol–water partition coefficient (Wildman–Crippen LogP) is 3.84. The number of amides is 2. The lowest BCUT2D eigenvalue weighted by molar-refractivity contribution is -0.126. The molecule has 0 aromatic heterocycles. The van der Waals surface area contributed by atoms with Crippen LogP contribution in [-0.4, -0.2) is 50.6 Å². The predicted molar refractivity (Wildman–Crippen MR) is 126 cm³/mol. The molecule has 0 saturated carbocycles. The average molecular weight is 439 g/mol. The van der Waals surface area contributed by atoms with Gasteiger partial charge in [-0.1, -0.05) is 17.7 Å². The minimum absolute atomic E-state index is 0.0564. The van der Waals surface area contributed by atoms with Crippen LogP contribution in [0.15, 0.2) is 30.3 Å². The molecule has 6 nitrogen and oxygen atoms in total. The van der Waals surface area contributed by atoms with Crippen LogP contribution in [0.25, 0.3) is 0 Å². The first-order valence-corrected chi connectivity index (χ1v) is 11.2. The monoisotopic (exact) mass is 438 g/mol. The number of benzene rings is 2. The third-order valence-electron chi connectivity index (χ3n) is 6.27. The Morgan fingerprint density at radius 3 is 2.03 bits per heavy atom. The van der Waals surface area contributed by atoms with Crippen LogP contribution in [0, 0.1) is 26.7 Å². The number of piperidine rings is 1. The first-order chi connectivity index (χ1) is 15.3. The van der Waals surface area contributed by atoms with Crippen molar-refractivity contribution in [2.24, 2.45) is 5.92 Å². The number of nitrogens with zero attached hydrogens (tertiary/aromatic N) is 1. The van der Waals surface area contributed by atoms with Crippen molar-refractivity contribution in [1.82, 2.24) is 10.2 Å². The van der Waals surface area contributed by atoms with Crippen molar-refractivity contribution in [3.8, 4) is 11.5 Å². The second-order valence-electron chi connectivity index (χ2n) is 8.59. The zero-order chi connectivity index (χ0) is 23.3. The molecule has 1 heterocycles. The van der Waals surface area contributed by atoms with Crippen LogP contribution in [0.2, 0.25) is 0 Å². The second-order valence-corrected chi connectivity index (χ2v) is 8.59. The van der Waals surface area contributed by atoms with Crippen LogP contribution >= 0.6 is 0 Å². The Bertz CT molecular complexity index is 933. The molecular formula is C26H34N2O4. The van der Waals surface area contributed by atoms with Crippen molar-refractivity contribution in [3.63, 3.8) is 0 Å². The summed E-state index contributed by atoms with van der Waals surface area (Å²) in [6.07, 6.45) is 2.17. The molecule has 32 heavy (non-hydrogen) atoms. The molecule has 0 spiro atoms. The topological polar surface area (TPSA) is 67.9 Å². The van der Waals surface area contributed by atoms with Gasteiger partial charge in [0.2, 0.25) is 5.91 Å². The van der Waals surface area contributed by atoms with E-state index < -0.39 is 0 Å². The van der Waals surface area contributed by atoms with E-state index in [0.717, 1.165) is 6.42 Å². The Balaban J connectivity index is 1.51. The van der Waals surface area contributed by atoms with E-state index in [4.69, 9.17) is 9.47 Å². The van der Waals surface area contributed by atoms with E-state index in [1.54, 1.807) is 37.3 Å². The third-order valence-corrected chi connectivity index (χ3v) is 6.27. The number of aryl methyl sites for hydroxylation is 3. The van der Waals surface area contributed by atoms with Crippen molar-refractivity contribution < 1.29 is 19.1 Å².